The lowest BCUT2D eigenvalue weighted by Gasteiger charge is -2.42. The Kier molecular flexibility index (Phi) is 6.97. The molecular weight excluding hydrogens is 384 g/mol. The minimum atomic E-state index is -0.437. The van der Waals surface area contributed by atoms with Gasteiger partial charge in [0.05, 0.1) is 17.3 Å². The lowest BCUT2D eigenvalue weighted by molar-refractivity contribution is 0.00873. The van der Waals surface area contributed by atoms with Crippen LogP contribution in [-0.2, 0) is 11.3 Å². The van der Waals surface area contributed by atoms with Crippen molar-refractivity contribution >= 4 is 22.0 Å². The molecule has 0 bridgehead atoms. The fourth-order valence-electron chi connectivity index (χ4n) is 3.43. The first-order chi connectivity index (χ1) is 11.7. The van der Waals surface area contributed by atoms with Gasteiger partial charge in [0.1, 0.15) is 11.4 Å². The summed E-state index contributed by atoms with van der Waals surface area (Å²) in [4.78, 5) is 14.1. The Bertz CT molecular complexity index is 557. The van der Waals surface area contributed by atoms with Gasteiger partial charge in [-0.25, -0.2) is 4.79 Å². The fourth-order valence-corrected chi connectivity index (χ4v) is 3.77. The van der Waals surface area contributed by atoms with Gasteiger partial charge in [0.15, 0.2) is 0 Å². The number of ether oxygens (including phenoxy) is 1. The van der Waals surface area contributed by atoms with E-state index in [0.29, 0.717) is 0 Å². The van der Waals surface area contributed by atoms with Crippen LogP contribution in [0.1, 0.15) is 59.1 Å². The third-order valence-electron chi connectivity index (χ3n) is 4.73. The van der Waals surface area contributed by atoms with Crippen LogP contribution >= 0.6 is 15.9 Å². The van der Waals surface area contributed by atoms with E-state index < -0.39 is 5.60 Å². The summed E-state index contributed by atoms with van der Waals surface area (Å²) < 4.78 is 12.0. The zero-order valence-corrected chi connectivity index (χ0v) is 17.4. The standard InChI is InChI=1S/C19H31BrN2O3/c1-5-7-19(14-21-13-16-15(20)6-12-24-16)8-10-22(11-9-19)17(23)25-18(2,3)4/h6,12,21H,5,7-11,13-14H2,1-4H3. The molecule has 2 heterocycles. The molecule has 1 aliphatic rings. The monoisotopic (exact) mass is 414 g/mol. The van der Waals surface area contributed by atoms with Gasteiger partial charge < -0.3 is 19.4 Å². The number of hydrogen-bond donors (Lipinski definition) is 1. The van der Waals surface area contributed by atoms with Crippen molar-refractivity contribution in [3.63, 3.8) is 0 Å². The molecule has 1 N–H and O–H groups in total. The second-order valence-corrected chi connectivity index (χ2v) is 8.87. The maximum Gasteiger partial charge on any atom is 0.410 e. The number of rotatable bonds is 6. The predicted octanol–water partition coefficient (Wildman–Crippen LogP) is 4.95. The zero-order chi connectivity index (χ0) is 18.5. The number of piperidine rings is 1. The summed E-state index contributed by atoms with van der Waals surface area (Å²) in [5.41, 5.74) is -0.195. The molecule has 6 heteroatoms. The second kappa shape index (κ2) is 8.58. The number of halogens is 1. The van der Waals surface area contributed by atoms with Crippen molar-refractivity contribution in [1.82, 2.24) is 10.2 Å². The molecule has 1 saturated heterocycles. The smallest absolute Gasteiger partial charge is 0.410 e. The number of carbonyl (C=O) groups is 1. The van der Waals surface area contributed by atoms with Gasteiger partial charge in [0.2, 0.25) is 0 Å². The van der Waals surface area contributed by atoms with Crippen molar-refractivity contribution in [2.75, 3.05) is 19.6 Å². The highest BCUT2D eigenvalue weighted by atomic mass is 79.9. The highest BCUT2D eigenvalue weighted by Gasteiger charge is 2.36. The van der Waals surface area contributed by atoms with Gasteiger partial charge in [-0.3, -0.25) is 0 Å². The van der Waals surface area contributed by atoms with Crippen LogP contribution in [0.2, 0.25) is 0 Å². The molecule has 0 unspecified atom stereocenters. The lowest BCUT2D eigenvalue weighted by Crippen LogP contribution is -2.48. The maximum atomic E-state index is 12.3. The molecule has 25 heavy (non-hydrogen) atoms. The van der Waals surface area contributed by atoms with Gasteiger partial charge in [-0.1, -0.05) is 13.3 Å². The van der Waals surface area contributed by atoms with Crippen molar-refractivity contribution in [3.05, 3.63) is 22.6 Å². The molecule has 1 fully saturated rings. The fraction of sp³-hybridized carbons (Fsp3) is 0.737. The Morgan fingerprint density at radius 1 is 1.40 bits per heavy atom. The van der Waals surface area contributed by atoms with Gasteiger partial charge >= 0.3 is 6.09 Å². The average molecular weight is 415 g/mol. The molecule has 1 aliphatic heterocycles. The van der Waals surface area contributed by atoms with Gasteiger partial charge in [-0.05, 0) is 67.4 Å². The SMILES string of the molecule is CCCC1(CNCc2occc2Br)CCN(C(=O)OC(C)(C)C)CC1. The third-order valence-corrected chi connectivity index (χ3v) is 5.44. The largest absolute Gasteiger partial charge is 0.467 e. The zero-order valence-electron chi connectivity index (χ0n) is 15.9. The minimum absolute atomic E-state index is 0.190. The molecule has 0 atom stereocenters. The molecule has 1 amide bonds. The van der Waals surface area contributed by atoms with Crippen molar-refractivity contribution in [3.8, 4) is 0 Å². The third kappa shape index (κ3) is 6.03. The molecule has 2 rings (SSSR count). The normalized spacial score (nSPS) is 17.6. The molecule has 0 saturated carbocycles. The molecule has 142 valence electrons. The lowest BCUT2D eigenvalue weighted by atomic mass is 9.75. The summed E-state index contributed by atoms with van der Waals surface area (Å²) in [5.74, 6) is 0.929. The summed E-state index contributed by atoms with van der Waals surface area (Å²) in [6.07, 6.45) is 5.84. The Labute approximate surface area is 159 Å². The van der Waals surface area contributed by atoms with E-state index in [0.717, 1.165) is 55.7 Å². The van der Waals surface area contributed by atoms with Gasteiger partial charge in [0.25, 0.3) is 0 Å². The number of amides is 1. The van der Waals surface area contributed by atoms with E-state index in [2.05, 4.69) is 28.2 Å². The van der Waals surface area contributed by atoms with Crippen LogP contribution in [0.3, 0.4) is 0 Å². The number of furan rings is 1. The van der Waals surface area contributed by atoms with Gasteiger partial charge in [-0.15, -0.1) is 0 Å². The van der Waals surface area contributed by atoms with E-state index in [4.69, 9.17) is 9.15 Å². The molecule has 0 aliphatic carbocycles. The molecule has 1 aromatic rings. The highest BCUT2D eigenvalue weighted by Crippen LogP contribution is 2.36. The topological polar surface area (TPSA) is 54.7 Å². The van der Waals surface area contributed by atoms with Crippen LogP contribution in [0.15, 0.2) is 21.2 Å². The van der Waals surface area contributed by atoms with Gasteiger partial charge in [0, 0.05) is 19.6 Å². The quantitative estimate of drug-likeness (QED) is 0.715. The van der Waals surface area contributed by atoms with Crippen LogP contribution in [-0.4, -0.2) is 36.2 Å². The van der Waals surface area contributed by atoms with Crippen LogP contribution in [0, 0.1) is 5.41 Å². The Morgan fingerprint density at radius 2 is 2.08 bits per heavy atom. The predicted molar refractivity (Wildman–Crippen MR) is 102 cm³/mol. The first-order valence-electron chi connectivity index (χ1n) is 9.15. The number of nitrogens with zero attached hydrogens (tertiary/aromatic N) is 1. The first-order valence-corrected chi connectivity index (χ1v) is 9.94. The Balaban J connectivity index is 1.87. The van der Waals surface area contributed by atoms with Crippen LogP contribution in [0.25, 0.3) is 0 Å². The van der Waals surface area contributed by atoms with Crippen molar-refractivity contribution in [2.45, 2.75) is 65.5 Å². The summed E-state index contributed by atoms with van der Waals surface area (Å²) in [6.45, 7) is 11.1. The molecule has 0 aromatic carbocycles. The highest BCUT2D eigenvalue weighted by molar-refractivity contribution is 9.10. The average Bonchev–Trinajstić information content (AvgIpc) is 2.92. The Hall–Kier alpha value is -1.01. The second-order valence-electron chi connectivity index (χ2n) is 8.01. The van der Waals surface area contributed by atoms with Crippen LogP contribution < -0.4 is 5.32 Å². The molecule has 1 aromatic heterocycles. The number of nitrogens with one attached hydrogen (secondary N) is 1. The van der Waals surface area contributed by atoms with E-state index in [1.807, 2.05) is 31.7 Å². The van der Waals surface area contributed by atoms with E-state index >= 15 is 0 Å². The number of likely N-dealkylation sites (tertiary alicyclic amines) is 1. The summed E-state index contributed by atoms with van der Waals surface area (Å²) in [6, 6.07) is 1.91. The maximum absolute atomic E-state index is 12.3. The number of carbonyl (C=O) groups excluding carboxylic acids is 1. The summed E-state index contributed by atoms with van der Waals surface area (Å²) in [7, 11) is 0. The van der Waals surface area contributed by atoms with E-state index in [1.165, 1.54) is 6.42 Å². The number of hydrogen-bond acceptors (Lipinski definition) is 4. The van der Waals surface area contributed by atoms with Crippen LogP contribution in [0.4, 0.5) is 4.79 Å². The molecule has 0 radical (unpaired) electrons. The first kappa shape index (κ1) is 20.3. The molecule has 5 nitrogen and oxygen atoms in total. The van der Waals surface area contributed by atoms with Crippen LogP contribution in [0.5, 0.6) is 0 Å². The van der Waals surface area contributed by atoms with E-state index in [1.54, 1.807) is 6.26 Å². The van der Waals surface area contributed by atoms with Gasteiger partial charge in [-0.2, -0.15) is 0 Å². The molecule has 0 spiro atoms. The van der Waals surface area contributed by atoms with E-state index in [9.17, 15) is 4.79 Å². The van der Waals surface area contributed by atoms with Crippen molar-refractivity contribution in [2.24, 2.45) is 5.41 Å². The van der Waals surface area contributed by atoms with E-state index in [-0.39, 0.29) is 11.5 Å². The summed E-state index contributed by atoms with van der Waals surface area (Å²) in [5, 5.41) is 3.55. The summed E-state index contributed by atoms with van der Waals surface area (Å²) >= 11 is 3.49. The van der Waals surface area contributed by atoms with Crippen molar-refractivity contribution in [1.29, 1.82) is 0 Å². The minimum Gasteiger partial charge on any atom is -0.467 e. The van der Waals surface area contributed by atoms with Crippen molar-refractivity contribution < 1.29 is 13.9 Å². The molecular formula is C19H31BrN2O3. The Morgan fingerprint density at radius 3 is 2.60 bits per heavy atom.